The van der Waals surface area contributed by atoms with Gasteiger partial charge in [0.1, 0.15) is 54.4 Å². The molecule has 2 aromatic rings. The van der Waals surface area contributed by atoms with Crippen LogP contribution in [0.3, 0.4) is 0 Å². The molecule has 3 fully saturated rings. The summed E-state index contributed by atoms with van der Waals surface area (Å²) in [5, 5.41) is 22.5. The monoisotopic (exact) mass is 1110 g/mol. The lowest BCUT2D eigenvalue weighted by Gasteiger charge is -2.35. The molecule has 0 saturated carbocycles. The van der Waals surface area contributed by atoms with Crippen molar-refractivity contribution in [1.29, 1.82) is 0 Å². The lowest BCUT2D eigenvalue weighted by Crippen LogP contribution is -2.62. The molecule has 3 heterocycles. The Morgan fingerprint density at radius 3 is 1.52 bits per heavy atom. The molecule has 3 aliphatic rings. The highest BCUT2D eigenvalue weighted by Gasteiger charge is 2.45. The molecule has 5 rings (SSSR count). The number of carbonyl (C=O) groups excluding carboxylic acids is 10. The first kappa shape index (κ1) is 63.3. The predicted molar refractivity (Wildman–Crippen MR) is 302 cm³/mol. The van der Waals surface area contributed by atoms with Crippen LogP contribution in [0.1, 0.15) is 118 Å². The number of hydrogen-bond acceptors (Lipinski definition) is 11. The van der Waals surface area contributed by atoms with Crippen molar-refractivity contribution in [2.24, 2.45) is 23.7 Å². The van der Waals surface area contributed by atoms with Crippen molar-refractivity contribution in [3.8, 4) is 0 Å². The van der Waals surface area contributed by atoms with Gasteiger partial charge in [0.15, 0.2) is 0 Å². The number of carbonyl (C=O) groups is 10. The maximum atomic E-state index is 14.8. The summed E-state index contributed by atoms with van der Waals surface area (Å²) in [5.41, 5.74) is 1.40. The van der Waals surface area contributed by atoms with Gasteiger partial charge in [-0.3, -0.25) is 47.9 Å². The molecule has 0 radical (unpaired) electrons. The molecule has 8 N–H and O–H groups in total. The quantitative estimate of drug-likeness (QED) is 0.136. The molecule has 79 heavy (non-hydrogen) atoms. The van der Waals surface area contributed by atoms with E-state index in [2.05, 4.69) is 42.5 Å². The van der Waals surface area contributed by atoms with Crippen LogP contribution in [-0.2, 0) is 60.8 Å². The topological polar surface area (TPSA) is 273 Å². The van der Waals surface area contributed by atoms with Crippen molar-refractivity contribution in [3.63, 3.8) is 0 Å². The van der Waals surface area contributed by atoms with Crippen molar-refractivity contribution in [2.75, 3.05) is 31.6 Å². The predicted octanol–water partition coefficient (Wildman–Crippen LogP) is 2.52. The first-order chi connectivity index (χ1) is 37.7. The average Bonchev–Trinajstić information content (AvgIpc) is 4.22. The zero-order chi connectivity index (χ0) is 57.9. The number of rotatable bonds is 14. The second kappa shape index (κ2) is 30.7. The van der Waals surface area contributed by atoms with Crippen LogP contribution in [0.25, 0.3) is 0 Å². The Hall–Kier alpha value is -6.51. The van der Waals surface area contributed by atoms with Crippen LogP contribution in [0.2, 0.25) is 0 Å². The minimum atomic E-state index is -1.27. The molecule has 10 amide bonds. The van der Waals surface area contributed by atoms with Gasteiger partial charge < -0.3 is 52.3 Å². The van der Waals surface area contributed by atoms with Gasteiger partial charge in [0.05, 0.1) is 6.54 Å². The van der Waals surface area contributed by atoms with Crippen LogP contribution in [0.15, 0.2) is 60.7 Å². The van der Waals surface area contributed by atoms with Crippen LogP contribution in [0.4, 0.5) is 0 Å². The Bertz CT molecular complexity index is 2430. The minimum absolute atomic E-state index is 0.00176. The van der Waals surface area contributed by atoms with E-state index in [1.807, 2.05) is 53.0 Å². The molecule has 11 atom stereocenters. The number of benzene rings is 2. The molecule has 0 spiro atoms. The van der Waals surface area contributed by atoms with Crippen molar-refractivity contribution in [1.82, 2.24) is 52.3 Å². The van der Waals surface area contributed by atoms with E-state index in [-0.39, 0.29) is 51.1 Å². The Kier molecular flexibility index (Phi) is 24.6. The van der Waals surface area contributed by atoms with E-state index >= 15 is 0 Å². The Morgan fingerprint density at radius 2 is 0.975 bits per heavy atom. The normalized spacial score (nSPS) is 26.8. The fourth-order valence-electron chi connectivity index (χ4n) is 10.3. The summed E-state index contributed by atoms with van der Waals surface area (Å²) in [6.45, 7) is 14.4. The summed E-state index contributed by atoms with van der Waals surface area (Å²) >= 11 is 1.45. The number of nitrogens with one attached hydrogen (secondary N) is 8. The van der Waals surface area contributed by atoms with Crippen LogP contribution < -0.4 is 42.5 Å². The largest absolute Gasteiger partial charge is 0.345 e. The summed E-state index contributed by atoms with van der Waals surface area (Å²) in [7, 11) is 0. The third-order valence-electron chi connectivity index (χ3n) is 15.3. The van der Waals surface area contributed by atoms with Crippen molar-refractivity contribution >= 4 is 70.8 Å². The first-order valence-electron chi connectivity index (χ1n) is 28.2. The standard InChI is InChI=1S/C58H86N10O10S/c1-10-36(7)48-55(75)59-33-46(69)60-40(26-29-79-9)50(70)61-41(30-34(3)4)52(72)66-49(37(8)11-2)58(78)68-28-19-25-45(68)57(77)67-27-18-24-44(67)54(74)63-42(31-38-20-14-12-15-21-38)51(71)62-43(32-39-22-16-13-17-23-39)53(73)64-47(35(5)6)56(76)65-48/h12-17,20-23,34-37,40-45,47-49H,10-11,18-19,24-33H2,1-9H3,(H,59,75)(H,60,69)(H,61,70)(H,62,71)(H,63,74)(H,64,73)(H,65,76)(H,66,72). The zero-order valence-corrected chi connectivity index (χ0v) is 48.4. The van der Waals surface area contributed by atoms with Crippen molar-refractivity contribution in [3.05, 3.63) is 71.8 Å². The summed E-state index contributed by atoms with van der Waals surface area (Å²) in [5.74, 6) is -7.20. The van der Waals surface area contributed by atoms with Gasteiger partial charge in [0, 0.05) is 25.9 Å². The number of hydrogen-bond donors (Lipinski definition) is 8. The van der Waals surface area contributed by atoms with Gasteiger partial charge in [-0.15, -0.1) is 0 Å². The smallest absolute Gasteiger partial charge is 0.246 e. The van der Waals surface area contributed by atoms with Gasteiger partial charge >= 0.3 is 0 Å². The second-order valence-corrected chi connectivity index (χ2v) is 23.2. The second-order valence-electron chi connectivity index (χ2n) is 22.2. The van der Waals surface area contributed by atoms with Crippen molar-refractivity contribution in [2.45, 2.75) is 174 Å². The lowest BCUT2D eigenvalue weighted by atomic mass is 9.95. The van der Waals surface area contributed by atoms with E-state index in [4.69, 9.17) is 0 Å². The number of nitrogens with zero attached hydrogens (tertiary/aromatic N) is 2. The Balaban J connectivity index is 1.56. The summed E-state index contributed by atoms with van der Waals surface area (Å²) in [6.07, 6.45) is 4.72. The fourth-order valence-corrected chi connectivity index (χ4v) is 10.8. The van der Waals surface area contributed by atoms with E-state index in [9.17, 15) is 47.9 Å². The van der Waals surface area contributed by atoms with Gasteiger partial charge in [-0.1, -0.05) is 129 Å². The van der Waals surface area contributed by atoms with E-state index < -0.39 is 138 Å². The lowest BCUT2D eigenvalue weighted by molar-refractivity contribution is -0.149. The van der Waals surface area contributed by atoms with Crippen molar-refractivity contribution < 1.29 is 47.9 Å². The van der Waals surface area contributed by atoms with Gasteiger partial charge in [0.25, 0.3) is 0 Å². The van der Waals surface area contributed by atoms with E-state index in [0.717, 1.165) is 0 Å². The summed E-state index contributed by atoms with van der Waals surface area (Å²) in [4.78, 5) is 147. The third-order valence-corrected chi connectivity index (χ3v) is 16.0. The molecular formula is C58H86N10O10S. The van der Waals surface area contributed by atoms with Crippen LogP contribution in [0, 0.1) is 23.7 Å². The molecule has 2 aromatic carbocycles. The highest BCUT2D eigenvalue weighted by Crippen LogP contribution is 2.27. The maximum absolute atomic E-state index is 14.8. The third kappa shape index (κ3) is 18.0. The molecule has 0 bridgehead atoms. The van der Waals surface area contributed by atoms with E-state index in [0.29, 0.717) is 49.0 Å². The first-order valence-corrected chi connectivity index (χ1v) is 29.6. The van der Waals surface area contributed by atoms with E-state index in [1.165, 1.54) is 21.6 Å². The molecule has 3 aliphatic heterocycles. The number of amides is 10. The molecule has 0 aliphatic carbocycles. The SMILES string of the molecule is CCC(C)C1NC(=O)C(C(C)C)NC(=O)C(Cc2ccccc2)NC(=O)C(Cc2ccccc2)NC(=O)C2CCCN2C(=O)C2CCCN2C(=O)C(C(C)CC)NC(=O)C(CC(C)C)NC(=O)C(CCSC)NC(=O)CNC1=O. The van der Waals surface area contributed by atoms with Gasteiger partial charge in [-0.2, -0.15) is 11.8 Å². The van der Waals surface area contributed by atoms with Crippen LogP contribution in [-0.4, -0.2) is 155 Å². The zero-order valence-electron chi connectivity index (χ0n) is 47.6. The summed E-state index contributed by atoms with van der Waals surface area (Å²) < 4.78 is 0. The van der Waals surface area contributed by atoms with E-state index in [1.54, 1.807) is 69.3 Å². The Morgan fingerprint density at radius 1 is 0.506 bits per heavy atom. The van der Waals surface area contributed by atoms with Gasteiger partial charge in [-0.05, 0) is 85.3 Å². The molecule has 3 saturated heterocycles. The molecule has 0 aromatic heterocycles. The summed E-state index contributed by atoms with van der Waals surface area (Å²) in [6, 6.07) is 7.84. The molecule has 11 unspecified atom stereocenters. The highest BCUT2D eigenvalue weighted by atomic mass is 32.2. The van der Waals surface area contributed by atoms with Gasteiger partial charge in [0.2, 0.25) is 59.1 Å². The average molecular weight is 1120 g/mol. The number of fused-ring (bicyclic) bond motifs is 2. The van der Waals surface area contributed by atoms with Gasteiger partial charge in [-0.25, -0.2) is 0 Å². The molecular weight excluding hydrogens is 1030 g/mol. The minimum Gasteiger partial charge on any atom is -0.345 e. The van der Waals surface area contributed by atoms with Crippen LogP contribution in [0.5, 0.6) is 0 Å². The molecule has 20 nitrogen and oxygen atoms in total. The molecule has 21 heteroatoms. The highest BCUT2D eigenvalue weighted by molar-refractivity contribution is 7.98. The number of thioether (sulfide) groups is 1. The Labute approximate surface area is 470 Å². The van der Waals surface area contributed by atoms with Crippen LogP contribution >= 0.6 is 11.8 Å². The fraction of sp³-hybridized carbons (Fsp3) is 0.621. The molecule has 434 valence electrons. The maximum Gasteiger partial charge on any atom is 0.246 e.